The third-order valence-corrected chi connectivity index (χ3v) is 2.63. The molecule has 0 aromatic carbocycles. The van der Waals surface area contributed by atoms with Gasteiger partial charge in [0.05, 0.1) is 6.54 Å². The summed E-state index contributed by atoms with van der Waals surface area (Å²) < 4.78 is 24.6. The summed E-state index contributed by atoms with van der Waals surface area (Å²) in [5.41, 5.74) is 1.80. The van der Waals surface area contributed by atoms with Crippen molar-refractivity contribution < 1.29 is 8.78 Å². The Balaban J connectivity index is 2.74. The second-order valence-electron chi connectivity index (χ2n) is 5.66. The summed E-state index contributed by atoms with van der Waals surface area (Å²) in [4.78, 5) is 9.76. The first-order chi connectivity index (χ1) is 8.69. The molecule has 4 nitrogen and oxygen atoms in total. The first-order valence-electron chi connectivity index (χ1n) is 6.26. The summed E-state index contributed by atoms with van der Waals surface area (Å²) in [5, 5.41) is 3.35. The zero-order valence-electron chi connectivity index (χ0n) is 12.2. The van der Waals surface area contributed by atoms with E-state index >= 15 is 0 Å². The van der Waals surface area contributed by atoms with E-state index in [-0.39, 0.29) is 12.1 Å². The maximum absolute atomic E-state index is 12.3. The number of nitrogens with one attached hydrogen (secondary N) is 1. The first kappa shape index (κ1) is 15.8. The van der Waals surface area contributed by atoms with Crippen LogP contribution in [0.1, 0.15) is 32.0 Å². The number of halogens is 2. The van der Waals surface area contributed by atoms with E-state index < -0.39 is 6.43 Å². The molecule has 108 valence electrons. The van der Waals surface area contributed by atoms with Gasteiger partial charge in [0.2, 0.25) is 5.95 Å². The first-order valence-corrected chi connectivity index (χ1v) is 6.26. The number of anilines is 1. The molecule has 0 bridgehead atoms. The third kappa shape index (κ3) is 5.46. The van der Waals surface area contributed by atoms with E-state index in [2.05, 4.69) is 36.1 Å². The predicted molar refractivity (Wildman–Crippen MR) is 72.6 cm³/mol. The van der Waals surface area contributed by atoms with E-state index in [9.17, 15) is 8.78 Å². The fourth-order valence-electron chi connectivity index (χ4n) is 1.49. The van der Waals surface area contributed by atoms with Crippen molar-refractivity contribution in [2.24, 2.45) is 0 Å². The lowest BCUT2D eigenvalue weighted by Gasteiger charge is -2.22. The van der Waals surface area contributed by atoms with Crippen LogP contribution in [-0.4, -0.2) is 35.5 Å². The van der Waals surface area contributed by atoms with Gasteiger partial charge in [0.25, 0.3) is 6.43 Å². The van der Waals surface area contributed by atoms with Crippen molar-refractivity contribution in [3.63, 3.8) is 0 Å². The zero-order chi connectivity index (χ0) is 14.6. The van der Waals surface area contributed by atoms with Crippen molar-refractivity contribution in [2.45, 2.75) is 46.2 Å². The number of hydrogen-bond acceptors (Lipinski definition) is 4. The molecule has 0 spiro atoms. The number of alkyl halides is 2. The molecule has 1 aromatic rings. The molecular weight excluding hydrogens is 250 g/mol. The minimum Gasteiger partial charge on any atom is -0.338 e. The number of aromatic nitrogens is 2. The minimum absolute atomic E-state index is 0.0115. The Hall–Kier alpha value is -1.30. The van der Waals surface area contributed by atoms with Crippen LogP contribution in [0.2, 0.25) is 0 Å². The fourth-order valence-corrected chi connectivity index (χ4v) is 1.49. The molecule has 0 aliphatic heterocycles. The molecule has 0 aliphatic carbocycles. The Kier molecular flexibility index (Phi) is 5.17. The second-order valence-corrected chi connectivity index (χ2v) is 5.66. The van der Waals surface area contributed by atoms with Crippen LogP contribution in [0.3, 0.4) is 0 Å². The average molecular weight is 272 g/mol. The number of rotatable bonds is 5. The van der Waals surface area contributed by atoms with Gasteiger partial charge >= 0.3 is 0 Å². The summed E-state index contributed by atoms with van der Waals surface area (Å²) in [6.45, 7) is 8.39. The number of aryl methyl sites for hydroxylation is 1. The van der Waals surface area contributed by atoms with Crippen molar-refractivity contribution in [1.29, 1.82) is 0 Å². The van der Waals surface area contributed by atoms with Crippen LogP contribution in [0.5, 0.6) is 0 Å². The summed E-state index contributed by atoms with van der Waals surface area (Å²) in [6, 6.07) is 0. The van der Waals surface area contributed by atoms with Gasteiger partial charge < -0.3 is 10.2 Å². The summed E-state index contributed by atoms with van der Waals surface area (Å²) >= 11 is 0. The Morgan fingerprint density at radius 1 is 1.37 bits per heavy atom. The predicted octanol–water partition coefficient (Wildman–Crippen LogP) is 2.37. The smallest absolute Gasteiger partial charge is 0.255 e. The van der Waals surface area contributed by atoms with Gasteiger partial charge in [-0.3, -0.25) is 0 Å². The molecule has 1 heterocycles. The molecule has 6 heteroatoms. The molecule has 0 radical (unpaired) electrons. The molecule has 0 saturated carbocycles. The van der Waals surface area contributed by atoms with E-state index in [1.807, 2.05) is 6.92 Å². The molecule has 1 rings (SSSR count). The molecule has 0 amide bonds. The molecule has 0 fully saturated rings. The molecule has 0 unspecified atom stereocenters. The molecule has 1 N–H and O–H groups in total. The van der Waals surface area contributed by atoms with Gasteiger partial charge in [-0.2, -0.15) is 0 Å². The standard InChI is InChI=1S/C13H22F2N4/c1-9-10(7-17-13(2,3)4)6-16-12(18-9)19(5)8-11(14)15/h6,11,17H,7-8H2,1-5H3. The maximum atomic E-state index is 12.3. The largest absolute Gasteiger partial charge is 0.338 e. The summed E-state index contributed by atoms with van der Waals surface area (Å²) in [7, 11) is 1.56. The lowest BCUT2D eigenvalue weighted by Crippen LogP contribution is -2.35. The van der Waals surface area contributed by atoms with Gasteiger partial charge in [-0.25, -0.2) is 18.7 Å². The SMILES string of the molecule is Cc1nc(N(C)CC(F)F)ncc1CNC(C)(C)C. The van der Waals surface area contributed by atoms with Gasteiger partial charge in [-0.15, -0.1) is 0 Å². The van der Waals surface area contributed by atoms with E-state index in [0.717, 1.165) is 11.3 Å². The van der Waals surface area contributed by atoms with Crippen LogP contribution in [0.15, 0.2) is 6.20 Å². The van der Waals surface area contributed by atoms with Gasteiger partial charge in [0.1, 0.15) is 0 Å². The van der Waals surface area contributed by atoms with Gasteiger partial charge in [-0.05, 0) is 27.7 Å². The minimum atomic E-state index is -2.39. The van der Waals surface area contributed by atoms with Crippen molar-refractivity contribution in [2.75, 3.05) is 18.5 Å². The number of hydrogen-bond donors (Lipinski definition) is 1. The van der Waals surface area contributed by atoms with E-state index in [1.165, 1.54) is 4.90 Å². The van der Waals surface area contributed by atoms with Crippen molar-refractivity contribution in [3.05, 3.63) is 17.5 Å². The van der Waals surface area contributed by atoms with Crippen LogP contribution in [-0.2, 0) is 6.54 Å². The summed E-state index contributed by atoms with van der Waals surface area (Å²) in [6.07, 6.45) is -0.700. The monoisotopic (exact) mass is 272 g/mol. The van der Waals surface area contributed by atoms with Crippen LogP contribution in [0, 0.1) is 6.92 Å². The highest BCUT2D eigenvalue weighted by molar-refractivity contribution is 5.31. The molecule has 0 saturated heterocycles. The molecule has 0 aliphatic rings. The van der Waals surface area contributed by atoms with E-state index in [4.69, 9.17) is 0 Å². The van der Waals surface area contributed by atoms with E-state index in [1.54, 1.807) is 13.2 Å². The normalized spacial score (nSPS) is 12.0. The Labute approximate surface area is 113 Å². The second kappa shape index (κ2) is 6.23. The average Bonchev–Trinajstić information content (AvgIpc) is 2.25. The van der Waals surface area contributed by atoms with Crippen LogP contribution >= 0.6 is 0 Å². The van der Waals surface area contributed by atoms with Gasteiger partial charge in [0.15, 0.2) is 0 Å². The molecular formula is C13H22F2N4. The Morgan fingerprint density at radius 2 is 2.00 bits per heavy atom. The topological polar surface area (TPSA) is 41.1 Å². The Bertz CT molecular complexity index is 416. The van der Waals surface area contributed by atoms with Crippen molar-refractivity contribution in [3.8, 4) is 0 Å². The maximum Gasteiger partial charge on any atom is 0.255 e. The zero-order valence-corrected chi connectivity index (χ0v) is 12.2. The lowest BCUT2D eigenvalue weighted by atomic mass is 10.1. The molecule has 1 aromatic heterocycles. The van der Waals surface area contributed by atoms with Crippen LogP contribution in [0.25, 0.3) is 0 Å². The third-order valence-electron chi connectivity index (χ3n) is 2.63. The fraction of sp³-hybridized carbons (Fsp3) is 0.692. The van der Waals surface area contributed by atoms with E-state index in [0.29, 0.717) is 12.5 Å². The quantitative estimate of drug-likeness (QED) is 0.893. The van der Waals surface area contributed by atoms with Crippen LogP contribution in [0.4, 0.5) is 14.7 Å². The number of nitrogens with zero attached hydrogens (tertiary/aromatic N) is 3. The van der Waals surface area contributed by atoms with Crippen molar-refractivity contribution in [1.82, 2.24) is 15.3 Å². The lowest BCUT2D eigenvalue weighted by molar-refractivity contribution is 0.156. The summed E-state index contributed by atoms with van der Waals surface area (Å²) in [5.74, 6) is 0.331. The highest BCUT2D eigenvalue weighted by atomic mass is 19.3. The van der Waals surface area contributed by atoms with Gasteiger partial charge in [0, 0.05) is 36.6 Å². The highest BCUT2D eigenvalue weighted by Crippen LogP contribution is 2.12. The highest BCUT2D eigenvalue weighted by Gasteiger charge is 2.14. The van der Waals surface area contributed by atoms with Crippen LogP contribution < -0.4 is 10.2 Å². The molecule has 19 heavy (non-hydrogen) atoms. The molecule has 0 atom stereocenters. The van der Waals surface area contributed by atoms with Gasteiger partial charge in [-0.1, -0.05) is 0 Å². The van der Waals surface area contributed by atoms with Crippen molar-refractivity contribution >= 4 is 5.95 Å². The Morgan fingerprint density at radius 3 is 2.47 bits per heavy atom.